The number of halogens is 3. The lowest BCUT2D eigenvalue weighted by Gasteiger charge is -2.16. The van der Waals surface area contributed by atoms with Gasteiger partial charge in [0.25, 0.3) is 5.56 Å². The van der Waals surface area contributed by atoms with E-state index < -0.39 is 22.9 Å². The number of benzene rings is 1. The number of aromatic amines is 1. The Labute approximate surface area is 168 Å². The van der Waals surface area contributed by atoms with E-state index >= 15 is 0 Å². The third-order valence-corrected chi connectivity index (χ3v) is 5.70. The van der Waals surface area contributed by atoms with Crippen molar-refractivity contribution in [1.82, 2.24) is 9.97 Å². The molecule has 0 radical (unpaired) electrons. The number of anilines is 1. The number of carbonyl (C=O) groups is 1. The average Bonchev–Trinajstić information content (AvgIpc) is 2.61. The van der Waals surface area contributed by atoms with Crippen molar-refractivity contribution in [3.05, 3.63) is 51.9 Å². The number of alkyl halides is 3. The summed E-state index contributed by atoms with van der Waals surface area (Å²) in [5.74, 6) is 0.897. The van der Waals surface area contributed by atoms with Crippen LogP contribution in [0.25, 0.3) is 0 Å². The molecule has 2 aromatic rings. The molecular formula is C18H20F3N3O2S2. The van der Waals surface area contributed by atoms with Crippen molar-refractivity contribution in [2.24, 2.45) is 0 Å². The molecule has 1 aromatic carbocycles. The fourth-order valence-electron chi connectivity index (χ4n) is 2.23. The van der Waals surface area contributed by atoms with Crippen LogP contribution in [-0.4, -0.2) is 26.9 Å². The fourth-order valence-corrected chi connectivity index (χ4v) is 3.85. The first-order valence-electron chi connectivity index (χ1n) is 8.52. The molecule has 1 atom stereocenters. The molecule has 0 saturated heterocycles. The zero-order chi connectivity index (χ0) is 20.7. The molecule has 0 aliphatic carbocycles. The highest BCUT2D eigenvalue weighted by Gasteiger charge is 2.34. The van der Waals surface area contributed by atoms with E-state index in [9.17, 15) is 22.8 Å². The molecule has 28 heavy (non-hydrogen) atoms. The highest BCUT2D eigenvalue weighted by Crippen LogP contribution is 2.35. The van der Waals surface area contributed by atoms with Crippen LogP contribution in [0.2, 0.25) is 0 Å². The largest absolute Gasteiger partial charge is 0.418 e. The Hall–Kier alpha value is -1.94. The highest BCUT2D eigenvalue weighted by atomic mass is 32.2. The Kier molecular flexibility index (Phi) is 7.99. The standard InChI is InChI=1S/C18H20F3N3O2S2/c1-3-8-27-10-12-9-15(25)24-17(22-12)28-11(2)16(26)23-14-7-5-4-6-13(14)18(19,20)21/h4-7,9,11H,3,8,10H2,1-2H3,(H,23,26)(H,22,24,25). The van der Waals surface area contributed by atoms with Gasteiger partial charge in [-0.25, -0.2) is 4.98 Å². The molecule has 2 N–H and O–H groups in total. The molecule has 1 aromatic heterocycles. The third kappa shape index (κ3) is 6.59. The van der Waals surface area contributed by atoms with Crippen LogP contribution in [-0.2, 0) is 16.7 Å². The number of aromatic nitrogens is 2. The molecule has 152 valence electrons. The van der Waals surface area contributed by atoms with E-state index in [1.807, 2.05) is 0 Å². The summed E-state index contributed by atoms with van der Waals surface area (Å²) in [4.78, 5) is 31.0. The lowest BCUT2D eigenvalue weighted by molar-refractivity contribution is -0.137. The average molecular weight is 432 g/mol. The van der Waals surface area contributed by atoms with Crippen molar-refractivity contribution in [2.75, 3.05) is 11.1 Å². The predicted molar refractivity (Wildman–Crippen MR) is 107 cm³/mol. The van der Waals surface area contributed by atoms with Crippen molar-refractivity contribution >= 4 is 35.1 Å². The van der Waals surface area contributed by atoms with Crippen molar-refractivity contribution in [3.8, 4) is 0 Å². The summed E-state index contributed by atoms with van der Waals surface area (Å²) >= 11 is 2.63. The van der Waals surface area contributed by atoms with Gasteiger partial charge in [0.2, 0.25) is 5.91 Å². The maximum Gasteiger partial charge on any atom is 0.418 e. The van der Waals surface area contributed by atoms with Gasteiger partial charge in [-0.05, 0) is 31.2 Å². The maximum absolute atomic E-state index is 13.1. The van der Waals surface area contributed by atoms with Crippen molar-refractivity contribution < 1.29 is 18.0 Å². The minimum absolute atomic E-state index is 0.256. The summed E-state index contributed by atoms with van der Waals surface area (Å²) in [5, 5.41) is 1.80. The predicted octanol–water partition coefficient (Wildman–Crippen LogP) is 4.55. The van der Waals surface area contributed by atoms with Crippen molar-refractivity contribution in [2.45, 2.75) is 42.6 Å². The lowest BCUT2D eigenvalue weighted by atomic mass is 10.1. The van der Waals surface area contributed by atoms with Crippen LogP contribution in [0.15, 0.2) is 40.3 Å². The number of nitrogens with one attached hydrogen (secondary N) is 2. The van der Waals surface area contributed by atoms with Gasteiger partial charge < -0.3 is 10.3 Å². The molecule has 0 saturated carbocycles. The van der Waals surface area contributed by atoms with E-state index in [4.69, 9.17) is 0 Å². The smallest absolute Gasteiger partial charge is 0.325 e. The Morgan fingerprint density at radius 3 is 2.71 bits per heavy atom. The van der Waals surface area contributed by atoms with E-state index in [1.165, 1.54) is 31.2 Å². The molecule has 1 unspecified atom stereocenters. The monoisotopic (exact) mass is 431 g/mol. The van der Waals surface area contributed by atoms with Gasteiger partial charge in [0, 0.05) is 11.8 Å². The molecule has 0 spiro atoms. The van der Waals surface area contributed by atoms with Crippen LogP contribution in [0.1, 0.15) is 31.5 Å². The molecule has 0 aliphatic heterocycles. The molecule has 0 bridgehead atoms. The number of hydrogen-bond acceptors (Lipinski definition) is 5. The second kappa shape index (κ2) is 10.0. The normalized spacial score (nSPS) is 12.6. The van der Waals surface area contributed by atoms with Crippen molar-refractivity contribution in [1.29, 1.82) is 0 Å². The summed E-state index contributed by atoms with van der Waals surface area (Å²) < 4.78 is 39.2. The minimum atomic E-state index is -4.57. The number of carbonyl (C=O) groups excluding carboxylic acids is 1. The molecule has 0 aliphatic rings. The van der Waals surface area contributed by atoms with Crippen LogP contribution in [0, 0.1) is 0 Å². The number of amides is 1. The molecule has 2 rings (SSSR count). The minimum Gasteiger partial charge on any atom is -0.325 e. The van der Waals surface area contributed by atoms with Crippen LogP contribution in [0.5, 0.6) is 0 Å². The van der Waals surface area contributed by atoms with Crippen molar-refractivity contribution in [3.63, 3.8) is 0 Å². The summed E-state index contributed by atoms with van der Waals surface area (Å²) in [6.45, 7) is 3.59. The second-order valence-corrected chi connectivity index (χ2v) is 8.32. The highest BCUT2D eigenvalue weighted by molar-refractivity contribution is 8.00. The topological polar surface area (TPSA) is 74.8 Å². The lowest BCUT2D eigenvalue weighted by Crippen LogP contribution is -2.25. The zero-order valence-electron chi connectivity index (χ0n) is 15.3. The van der Waals surface area contributed by atoms with E-state index in [2.05, 4.69) is 22.2 Å². The Bertz CT molecular complexity index is 872. The number of thioether (sulfide) groups is 2. The number of para-hydroxylation sites is 1. The van der Waals surface area contributed by atoms with E-state index in [0.29, 0.717) is 11.4 Å². The van der Waals surface area contributed by atoms with Gasteiger partial charge in [0.15, 0.2) is 5.16 Å². The molecule has 1 amide bonds. The van der Waals surface area contributed by atoms with Crippen LogP contribution >= 0.6 is 23.5 Å². The number of rotatable bonds is 8. The molecule has 10 heteroatoms. The van der Waals surface area contributed by atoms with Crippen LogP contribution < -0.4 is 10.9 Å². The van der Waals surface area contributed by atoms with Gasteiger partial charge >= 0.3 is 6.18 Å². The third-order valence-electron chi connectivity index (χ3n) is 3.52. The summed E-state index contributed by atoms with van der Waals surface area (Å²) in [5.41, 5.74) is -0.958. The Morgan fingerprint density at radius 1 is 1.32 bits per heavy atom. The molecule has 0 fully saturated rings. The van der Waals surface area contributed by atoms with E-state index in [0.717, 1.165) is 30.0 Å². The van der Waals surface area contributed by atoms with Crippen LogP contribution in [0.3, 0.4) is 0 Å². The van der Waals surface area contributed by atoms with Gasteiger partial charge in [-0.2, -0.15) is 24.9 Å². The Balaban J connectivity index is 2.08. The quantitative estimate of drug-likeness (QED) is 0.364. The van der Waals surface area contributed by atoms with E-state index in [-0.39, 0.29) is 16.4 Å². The second-order valence-electron chi connectivity index (χ2n) is 5.89. The summed E-state index contributed by atoms with van der Waals surface area (Å²) in [6.07, 6.45) is -3.57. The SMILES string of the molecule is CCCSCc1cc(=O)[nH]c(SC(C)C(=O)Nc2ccccc2C(F)(F)F)n1. The summed E-state index contributed by atoms with van der Waals surface area (Å²) in [6, 6.07) is 6.18. The first-order chi connectivity index (χ1) is 13.2. The molecule has 1 heterocycles. The first-order valence-corrected chi connectivity index (χ1v) is 10.6. The Morgan fingerprint density at radius 2 is 2.04 bits per heavy atom. The number of H-pyrrole nitrogens is 1. The van der Waals surface area contributed by atoms with Gasteiger partial charge in [0.05, 0.1) is 22.2 Å². The molecule has 5 nitrogen and oxygen atoms in total. The van der Waals surface area contributed by atoms with Gasteiger partial charge in [0.1, 0.15) is 0 Å². The number of hydrogen-bond donors (Lipinski definition) is 2. The van der Waals surface area contributed by atoms with Gasteiger partial charge in [-0.15, -0.1) is 0 Å². The van der Waals surface area contributed by atoms with Crippen LogP contribution in [0.4, 0.5) is 18.9 Å². The fraction of sp³-hybridized carbons (Fsp3) is 0.389. The van der Waals surface area contributed by atoms with Gasteiger partial charge in [-0.1, -0.05) is 30.8 Å². The maximum atomic E-state index is 13.1. The molecular weight excluding hydrogens is 411 g/mol. The first kappa shape index (κ1) is 22.4. The summed E-state index contributed by atoms with van der Waals surface area (Å²) in [7, 11) is 0. The van der Waals surface area contributed by atoms with E-state index in [1.54, 1.807) is 11.8 Å². The van der Waals surface area contributed by atoms with Gasteiger partial charge in [-0.3, -0.25) is 9.59 Å². The zero-order valence-corrected chi connectivity index (χ0v) is 16.9. The number of nitrogens with zero attached hydrogens (tertiary/aromatic N) is 1.